The molecule has 0 aliphatic carbocycles. The monoisotopic (exact) mass is 310 g/mol. The quantitative estimate of drug-likeness (QED) is 0.456. The molecule has 0 saturated carbocycles. The van der Waals surface area contributed by atoms with E-state index < -0.39 is 31.1 Å². The second kappa shape index (κ2) is 5.53. The van der Waals surface area contributed by atoms with E-state index in [-0.39, 0.29) is 5.82 Å². The number of hydrogen-bond donors (Lipinski definition) is 3. The molecule has 1 aliphatic rings. The van der Waals surface area contributed by atoms with Crippen LogP contribution in [0.1, 0.15) is 6.23 Å². The minimum Gasteiger partial charge on any atom is -0.394 e. The van der Waals surface area contributed by atoms with Crippen LogP contribution in [0.25, 0.3) is 11.2 Å². The van der Waals surface area contributed by atoms with E-state index in [4.69, 9.17) is 9.84 Å². The number of imidazole rings is 1. The Kier molecular flexibility index (Phi) is 3.70. The van der Waals surface area contributed by atoms with Crippen LogP contribution in [-0.2, 0) is 4.74 Å². The highest BCUT2D eigenvalue weighted by Gasteiger charge is 2.44. The molecule has 2 aromatic heterocycles. The van der Waals surface area contributed by atoms with Crippen LogP contribution in [0.3, 0.4) is 0 Å². The summed E-state index contributed by atoms with van der Waals surface area (Å²) in [6.07, 6.45) is -1.78. The average Bonchev–Trinajstić information content (AvgIpc) is 3.08. The highest BCUT2D eigenvalue weighted by Crippen LogP contribution is 2.32. The first-order valence-electron chi connectivity index (χ1n) is 6.45. The van der Waals surface area contributed by atoms with Crippen LogP contribution in [0.15, 0.2) is 17.9 Å². The fourth-order valence-electron chi connectivity index (χ4n) is 2.41. The minimum absolute atomic E-state index is 0.200. The number of aliphatic hydroxyl groups excluding tert-OH is 3. The van der Waals surface area contributed by atoms with Crippen molar-refractivity contribution in [2.24, 2.45) is 5.29 Å². The second-order valence-electron chi connectivity index (χ2n) is 4.86. The van der Waals surface area contributed by atoms with Gasteiger partial charge in [-0.15, -0.1) is 4.91 Å². The molecule has 118 valence electrons. The SMILES string of the molecule is CN(N=O)c1ncnc2c1ncn2C1OC(CO)C(O)C1O. The molecule has 1 saturated heterocycles. The lowest BCUT2D eigenvalue weighted by molar-refractivity contribution is -0.0511. The first-order chi connectivity index (χ1) is 10.6. The van der Waals surface area contributed by atoms with Crippen molar-refractivity contribution in [2.45, 2.75) is 24.5 Å². The van der Waals surface area contributed by atoms with Crippen LogP contribution in [0, 0.1) is 4.91 Å². The number of aromatic nitrogens is 4. The maximum absolute atomic E-state index is 10.6. The van der Waals surface area contributed by atoms with E-state index in [1.807, 2.05) is 0 Å². The summed E-state index contributed by atoms with van der Waals surface area (Å²) in [4.78, 5) is 22.7. The van der Waals surface area contributed by atoms with Crippen molar-refractivity contribution in [3.63, 3.8) is 0 Å². The minimum atomic E-state index is -1.25. The standard InChI is InChI=1S/C11H14N6O5/c1-16(15-21)9-6-10(13-3-12-9)17(4-14-6)11-8(20)7(19)5(2-18)22-11/h3-5,7-8,11,18-20H,2H2,1H3. The molecule has 0 amide bonds. The van der Waals surface area contributed by atoms with E-state index >= 15 is 0 Å². The van der Waals surface area contributed by atoms with E-state index in [9.17, 15) is 15.1 Å². The Bertz CT molecular complexity index is 693. The molecule has 0 spiro atoms. The van der Waals surface area contributed by atoms with Gasteiger partial charge >= 0.3 is 0 Å². The zero-order chi connectivity index (χ0) is 15.9. The smallest absolute Gasteiger partial charge is 0.182 e. The van der Waals surface area contributed by atoms with Crippen molar-refractivity contribution in [3.05, 3.63) is 17.6 Å². The number of nitrogens with zero attached hydrogens (tertiary/aromatic N) is 6. The first kappa shape index (κ1) is 14.7. The van der Waals surface area contributed by atoms with Gasteiger partial charge in [0.2, 0.25) is 0 Å². The predicted octanol–water partition coefficient (Wildman–Crippen LogP) is -1.44. The van der Waals surface area contributed by atoms with Crippen LogP contribution in [-0.4, -0.2) is 66.8 Å². The summed E-state index contributed by atoms with van der Waals surface area (Å²) in [5.41, 5.74) is 0.595. The number of hydrogen-bond acceptors (Lipinski definition) is 9. The van der Waals surface area contributed by atoms with Crippen LogP contribution in [0.2, 0.25) is 0 Å². The van der Waals surface area contributed by atoms with Crippen LogP contribution < -0.4 is 5.01 Å². The Balaban J connectivity index is 2.04. The summed E-state index contributed by atoms with van der Waals surface area (Å²) < 4.78 is 6.83. The highest BCUT2D eigenvalue weighted by atomic mass is 16.6. The van der Waals surface area contributed by atoms with Crippen LogP contribution in [0.5, 0.6) is 0 Å². The van der Waals surface area contributed by atoms with Crippen molar-refractivity contribution < 1.29 is 20.1 Å². The highest BCUT2D eigenvalue weighted by molar-refractivity contribution is 5.83. The lowest BCUT2D eigenvalue weighted by atomic mass is 10.1. The number of ether oxygens (including phenoxy) is 1. The van der Waals surface area contributed by atoms with Crippen molar-refractivity contribution in [2.75, 3.05) is 18.7 Å². The van der Waals surface area contributed by atoms with Gasteiger partial charge in [-0.1, -0.05) is 0 Å². The molecule has 22 heavy (non-hydrogen) atoms. The maximum Gasteiger partial charge on any atom is 0.182 e. The molecule has 11 heteroatoms. The third-order valence-corrected chi connectivity index (χ3v) is 3.56. The van der Waals surface area contributed by atoms with Gasteiger partial charge in [0.15, 0.2) is 23.2 Å². The molecule has 0 aromatic carbocycles. The average molecular weight is 310 g/mol. The molecule has 0 radical (unpaired) electrons. The molecule has 1 aliphatic heterocycles. The van der Waals surface area contributed by atoms with E-state index in [0.29, 0.717) is 11.2 Å². The first-order valence-corrected chi connectivity index (χ1v) is 6.45. The zero-order valence-corrected chi connectivity index (χ0v) is 11.5. The van der Waals surface area contributed by atoms with Crippen molar-refractivity contribution >= 4 is 17.0 Å². The lowest BCUT2D eigenvalue weighted by Crippen LogP contribution is -2.33. The molecule has 2 aromatic rings. The van der Waals surface area contributed by atoms with Gasteiger partial charge in [0.1, 0.15) is 24.6 Å². The van der Waals surface area contributed by atoms with E-state index in [1.54, 1.807) is 0 Å². The second-order valence-corrected chi connectivity index (χ2v) is 4.86. The summed E-state index contributed by atoms with van der Waals surface area (Å²) in [5, 5.41) is 32.8. The van der Waals surface area contributed by atoms with Gasteiger partial charge in [0.05, 0.1) is 18.2 Å². The Morgan fingerprint density at radius 2 is 2.14 bits per heavy atom. The number of aliphatic hydroxyl groups is 3. The molecular formula is C11H14N6O5. The van der Waals surface area contributed by atoms with E-state index in [0.717, 1.165) is 5.01 Å². The molecule has 3 N–H and O–H groups in total. The molecule has 3 rings (SSSR count). The van der Waals surface area contributed by atoms with Gasteiger partial charge in [-0.2, -0.15) is 0 Å². The largest absolute Gasteiger partial charge is 0.394 e. The topological polar surface area (TPSA) is 146 Å². The van der Waals surface area contributed by atoms with Gasteiger partial charge in [-0.3, -0.25) is 4.57 Å². The molecule has 1 fully saturated rings. The summed E-state index contributed by atoms with van der Waals surface area (Å²) in [5.74, 6) is 0.200. The number of anilines is 1. The molecular weight excluding hydrogens is 296 g/mol. The molecule has 0 bridgehead atoms. The Morgan fingerprint density at radius 1 is 1.36 bits per heavy atom. The third kappa shape index (κ3) is 2.11. The fraction of sp³-hybridized carbons (Fsp3) is 0.545. The molecule has 4 unspecified atom stereocenters. The number of nitroso groups, excluding NO2 is 1. The number of fused-ring (bicyclic) bond motifs is 1. The van der Waals surface area contributed by atoms with Gasteiger partial charge in [0.25, 0.3) is 0 Å². The predicted molar refractivity (Wildman–Crippen MR) is 72.5 cm³/mol. The van der Waals surface area contributed by atoms with Crippen molar-refractivity contribution in [1.29, 1.82) is 0 Å². The zero-order valence-electron chi connectivity index (χ0n) is 11.5. The molecule has 11 nitrogen and oxygen atoms in total. The Hall–Kier alpha value is -2.21. The van der Waals surface area contributed by atoms with E-state index in [2.05, 4.69) is 20.2 Å². The van der Waals surface area contributed by atoms with Gasteiger partial charge in [-0.05, 0) is 0 Å². The maximum atomic E-state index is 10.6. The van der Waals surface area contributed by atoms with Crippen molar-refractivity contribution in [1.82, 2.24) is 19.5 Å². The Morgan fingerprint density at radius 3 is 2.77 bits per heavy atom. The van der Waals surface area contributed by atoms with Gasteiger partial charge in [0, 0.05) is 7.05 Å². The van der Waals surface area contributed by atoms with Crippen molar-refractivity contribution in [3.8, 4) is 0 Å². The molecule has 3 heterocycles. The van der Waals surface area contributed by atoms with Crippen LogP contribution in [0.4, 0.5) is 5.82 Å². The number of rotatable bonds is 4. The summed E-state index contributed by atoms with van der Waals surface area (Å²) >= 11 is 0. The van der Waals surface area contributed by atoms with E-state index in [1.165, 1.54) is 24.3 Å². The fourth-order valence-corrected chi connectivity index (χ4v) is 2.41. The summed E-state index contributed by atoms with van der Waals surface area (Å²) in [7, 11) is 1.42. The van der Waals surface area contributed by atoms with Gasteiger partial charge < -0.3 is 20.1 Å². The Labute approximate surface area is 123 Å². The van der Waals surface area contributed by atoms with Crippen LogP contribution >= 0.6 is 0 Å². The molecule has 4 atom stereocenters. The summed E-state index contributed by atoms with van der Waals surface area (Å²) in [6, 6.07) is 0. The third-order valence-electron chi connectivity index (χ3n) is 3.56. The lowest BCUT2D eigenvalue weighted by Gasteiger charge is -2.16. The summed E-state index contributed by atoms with van der Waals surface area (Å²) in [6.45, 7) is -0.431. The van der Waals surface area contributed by atoms with Gasteiger partial charge in [-0.25, -0.2) is 20.0 Å². The normalized spacial score (nSPS) is 28.2.